The number of amides is 3. The van der Waals surface area contributed by atoms with Crippen molar-refractivity contribution in [1.82, 2.24) is 10.6 Å². The van der Waals surface area contributed by atoms with Crippen LogP contribution in [0.2, 0.25) is 0 Å². The number of ether oxygens (including phenoxy) is 2. The van der Waals surface area contributed by atoms with Crippen LogP contribution in [0.3, 0.4) is 0 Å². The van der Waals surface area contributed by atoms with E-state index in [1.54, 1.807) is 42.5 Å². The van der Waals surface area contributed by atoms with Gasteiger partial charge in [-0.2, -0.15) is 8.42 Å². The van der Waals surface area contributed by atoms with E-state index in [0.29, 0.717) is 5.56 Å². The van der Waals surface area contributed by atoms with Gasteiger partial charge in [0.05, 0.1) is 12.2 Å². The SMILES string of the molecule is O=C1NC(=O)C([C@H]2CN(S(=O)(=O)C(=O)OCc3ccccc3)c3ccccc3O2)N1. The summed E-state index contributed by atoms with van der Waals surface area (Å²) in [4.78, 5) is 35.9. The lowest BCUT2D eigenvalue weighted by Crippen LogP contribution is -2.54. The fourth-order valence-corrected chi connectivity index (χ4v) is 4.34. The van der Waals surface area contributed by atoms with E-state index in [2.05, 4.69) is 10.6 Å². The summed E-state index contributed by atoms with van der Waals surface area (Å²) in [7, 11) is -4.59. The van der Waals surface area contributed by atoms with Crippen molar-refractivity contribution < 1.29 is 32.3 Å². The third-order valence-corrected chi connectivity index (χ3v) is 6.10. The molecule has 0 spiro atoms. The maximum absolute atomic E-state index is 13.0. The first-order valence-corrected chi connectivity index (χ1v) is 10.4. The minimum absolute atomic E-state index is 0.134. The number of carbonyl (C=O) groups excluding carboxylic acids is 3. The van der Waals surface area contributed by atoms with Crippen LogP contribution in [0, 0.1) is 0 Å². The molecule has 156 valence electrons. The number of hydrogen-bond acceptors (Lipinski definition) is 7. The minimum Gasteiger partial charge on any atom is -0.484 e. The molecule has 1 saturated heterocycles. The van der Waals surface area contributed by atoms with Crippen molar-refractivity contribution in [3.05, 3.63) is 60.2 Å². The lowest BCUT2D eigenvalue weighted by atomic mass is 10.1. The summed E-state index contributed by atoms with van der Waals surface area (Å²) in [5.41, 5.74) is 0.766. The van der Waals surface area contributed by atoms with Crippen molar-refractivity contribution in [2.75, 3.05) is 10.8 Å². The number of para-hydroxylation sites is 2. The van der Waals surface area contributed by atoms with Crippen molar-refractivity contribution in [3.63, 3.8) is 0 Å². The topological polar surface area (TPSA) is 131 Å². The Morgan fingerprint density at radius 1 is 1.10 bits per heavy atom. The minimum atomic E-state index is -4.59. The summed E-state index contributed by atoms with van der Waals surface area (Å²) < 4.78 is 37.5. The summed E-state index contributed by atoms with van der Waals surface area (Å²) in [6, 6.07) is 13.0. The molecule has 1 unspecified atom stereocenters. The number of carbonyl (C=O) groups is 3. The number of benzene rings is 2. The Bertz CT molecular complexity index is 1100. The van der Waals surface area contributed by atoms with E-state index in [4.69, 9.17) is 9.47 Å². The van der Waals surface area contributed by atoms with Gasteiger partial charge in [-0.05, 0) is 17.7 Å². The number of rotatable bonds is 4. The van der Waals surface area contributed by atoms with Gasteiger partial charge in [0.25, 0.3) is 5.91 Å². The maximum atomic E-state index is 13.0. The zero-order valence-electron chi connectivity index (χ0n) is 15.5. The third-order valence-electron chi connectivity index (χ3n) is 4.64. The standard InChI is InChI=1S/C19H17N3O7S/c23-17-16(20-18(24)21-17)15-10-22(13-8-4-5-9-14(13)29-15)30(26,27)19(25)28-11-12-6-2-1-3-7-12/h1-9,15-16H,10-11H2,(H2,20,21,23,24)/t15-,16?/m1/s1. The van der Waals surface area contributed by atoms with Crippen molar-refractivity contribution in [3.8, 4) is 5.75 Å². The van der Waals surface area contributed by atoms with Gasteiger partial charge in [0, 0.05) is 0 Å². The van der Waals surface area contributed by atoms with E-state index in [1.165, 1.54) is 12.1 Å². The van der Waals surface area contributed by atoms with Gasteiger partial charge in [0.15, 0.2) is 0 Å². The lowest BCUT2D eigenvalue weighted by Gasteiger charge is -2.36. The van der Waals surface area contributed by atoms with Gasteiger partial charge in [0.2, 0.25) is 0 Å². The average molecular weight is 431 g/mol. The van der Waals surface area contributed by atoms with Gasteiger partial charge in [-0.3, -0.25) is 14.4 Å². The first-order valence-electron chi connectivity index (χ1n) is 8.97. The van der Waals surface area contributed by atoms with Crippen LogP contribution in [-0.2, 0) is 26.2 Å². The molecule has 2 aromatic rings. The van der Waals surface area contributed by atoms with Crippen LogP contribution >= 0.6 is 0 Å². The summed E-state index contributed by atoms with van der Waals surface area (Å²) in [5.74, 6) is -0.490. The molecule has 2 aliphatic rings. The second kappa shape index (κ2) is 7.67. The molecular weight excluding hydrogens is 414 g/mol. The number of hydrogen-bond donors (Lipinski definition) is 2. The molecule has 2 N–H and O–H groups in total. The molecule has 0 aromatic heterocycles. The fourth-order valence-electron chi connectivity index (χ4n) is 3.20. The zero-order valence-corrected chi connectivity index (χ0v) is 16.3. The van der Waals surface area contributed by atoms with Crippen molar-refractivity contribution in [2.24, 2.45) is 0 Å². The number of anilines is 1. The van der Waals surface area contributed by atoms with Gasteiger partial charge >= 0.3 is 21.4 Å². The molecule has 30 heavy (non-hydrogen) atoms. The molecule has 2 heterocycles. The molecule has 4 rings (SSSR count). The van der Waals surface area contributed by atoms with Gasteiger partial charge < -0.3 is 14.8 Å². The van der Waals surface area contributed by atoms with Gasteiger partial charge in [-0.15, -0.1) is 0 Å². The Balaban J connectivity index is 1.59. The highest BCUT2D eigenvalue weighted by Gasteiger charge is 2.45. The van der Waals surface area contributed by atoms with Gasteiger partial charge in [-0.1, -0.05) is 42.5 Å². The van der Waals surface area contributed by atoms with E-state index in [-0.39, 0.29) is 24.6 Å². The predicted molar refractivity (Wildman–Crippen MR) is 104 cm³/mol. The van der Waals surface area contributed by atoms with E-state index in [0.717, 1.165) is 4.31 Å². The van der Waals surface area contributed by atoms with Crippen LogP contribution < -0.4 is 19.7 Å². The fraction of sp³-hybridized carbons (Fsp3) is 0.211. The van der Waals surface area contributed by atoms with Crippen LogP contribution in [0.1, 0.15) is 5.56 Å². The Kier molecular flexibility index (Phi) is 5.04. The van der Waals surface area contributed by atoms with Crippen molar-refractivity contribution >= 4 is 33.0 Å². The molecule has 0 saturated carbocycles. The Labute approximate surface area is 171 Å². The molecule has 1 fully saturated rings. The molecular formula is C19H17N3O7S. The summed E-state index contributed by atoms with van der Waals surface area (Å²) in [6.45, 7) is -0.576. The largest absolute Gasteiger partial charge is 0.484 e. The van der Waals surface area contributed by atoms with Crippen LogP contribution in [0.25, 0.3) is 0 Å². The molecule has 0 radical (unpaired) electrons. The molecule has 0 bridgehead atoms. The molecule has 2 atom stereocenters. The van der Waals surface area contributed by atoms with Crippen molar-refractivity contribution in [1.29, 1.82) is 0 Å². The number of fused-ring (bicyclic) bond motifs is 1. The summed E-state index contributed by atoms with van der Waals surface area (Å²) in [5, 5.41) is 3.04. The first kappa shape index (κ1) is 19.7. The molecule has 11 heteroatoms. The zero-order chi connectivity index (χ0) is 21.3. The van der Waals surface area contributed by atoms with Crippen LogP contribution in [0.5, 0.6) is 5.75 Å². The molecule has 10 nitrogen and oxygen atoms in total. The number of sulfonamides is 1. The highest BCUT2D eigenvalue weighted by atomic mass is 32.2. The number of nitrogens with one attached hydrogen (secondary N) is 2. The predicted octanol–water partition coefficient (Wildman–Crippen LogP) is 1.13. The quantitative estimate of drug-likeness (QED) is 0.548. The second-order valence-corrected chi connectivity index (χ2v) is 8.35. The van der Waals surface area contributed by atoms with Crippen LogP contribution in [0.15, 0.2) is 54.6 Å². The maximum Gasteiger partial charge on any atom is 0.445 e. The number of urea groups is 1. The third kappa shape index (κ3) is 3.66. The normalized spacial score (nSPS) is 20.6. The van der Waals surface area contributed by atoms with E-state index >= 15 is 0 Å². The van der Waals surface area contributed by atoms with Gasteiger partial charge in [0.1, 0.15) is 24.5 Å². The average Bonchev–Trinajstić information content (AvgIpc) is 3.09. The molecule has 3 amide bonds. The molecule has 2 aromatic carbocycles. The van der Waals surface area contributed by atoms with Crippen LogP contribution in [-0.4, -0.2) is 44.3 Å². The molecule has 2 aliphatic heterocycles. The summed E-state index contributed by atoms with van der Waals surface area (Å²) in [6.07, 6.45) is -1.04. The number of nitrogens with zero attached hydrogens (tertiary/aromatic N) is 1. The Morgan fingerprint density at radius 3 is 2.50 bits per heavy atom. The van der Waals surface area contributed by atoms with Crippen molar-refractivity contribution in [2.45, 2.75) is 18.8 Å². The van der Waals surface area contributed by atoms with Crippen LogP contribution in [0.4, 0.5) is 15.3 Å². The highest BCUT2D eigenvalue weighted by Crippen LogP contribution is 2.36. The highest BCUT2D eigenvalue weighted by molar-refractivity contribution is 8.06. The summed E-state index contributed by atoms with van der Waals surface area (Å²) >= 11 is 0. The molecule has 0 aliphatic carbocycles. The number of imide groups is 1. The Hall–Kier alpha value is -3.60. The monoisotopic (exact) mass is 431 g/mol. The first-order chi connectivity index (χ1) is 14.4. The second-order valence-electron chi connectivity index (χ2n) is 6.62. The lowest BCUT2D eigenvalue weighted by molar-refractivity contribution is -0.122. The van der Waals surface area contributed by atoms with Gasteiger partial charge in [-0.25, -0.2) is 9.59 Å². The van der Waals surface area contributed by atoms with E-state index in [9.17, 15) is 22.8 Å². The van der Waals surface area contributed by atoms with E-state index < -0.39 is 39.4 Å². The Morgan fingerprint density at radius 2 is 1.80 bits per heavy atom. The smallest absolute Gasteiger partial charge is 0.445 e. The van der Waals surface area contributed by atoms with E-state index in [1.807, 2.05) is 0 Å².